The molecule has 0 aliphatic carbocycles. The minimum Gasteiger partial charge on any atom is -0.456 e. The van der Waals surface area contributed by atoms with E-state index in [1.165, 1.54) is 70.9 Å². The van der Waals surface area contributed by atoms with E-state index in [1.807, 2.05) is 12.1 Å². The van der Waals surface area contributed by atoms with Gasteiger partial charge in [0.25, 0.3) is 0 Å². The van der Waals surface area contributed by atoms with E-state index in [0.717, 1.165) is 60.2 Å². The Morgan fingerprint density at radius 3 is 1.60 bits per heavy atom. The number of rotatable bonds is 3. The van der Waals surface area contributed by atoms with Gasteiger partial charge in [0, 0.05) is 26.9 Å². The Kier molecular flexibility index (Phi) is 6.47. The summed E-state index contributed by atoms with van der Waals surface area (Å²) in [5, 5.41) is 16.7. The van der Waals surface area contributed by atoms with Crippen molar-refractivity contribution in [2.45, 2.75) is 0 Å². The van der Waals surface area contributed by atoms with Crippen LogP contribution in [0.4, 0.5) is 0 Å². The van der Waals surface area contributed by atoms with Crippen molar-refractivity contribution in [3.8, 4) is 33.4 Å². The van der Waals surface area contributed by atoms with Crippen molar-refractivity contribution >= 4 is 97.7 Å². The fraction of sp³-hybridized carbons (Fsp3) is 0. The molecule has 11 aromatic carbocycles. The molecular formula is C56H32O2. The molecule has 13 aromatic rings. The Morgan fingerprint density at radius 2 is 0.810 bits per heavy atom. The lowest BCUT2D eigenvalue weighted by Crippen LogP contribution is -1.91. The molecule has 0 spiro atoms. The van der Waals surface area contributed by atoms with Crippen molar-refractivity contribution in [3.05, 3.63) is 194 Å². The normalized spacial score (nSPS) is 12.1. The summed E-state index contributed by atoms with van der Waals surface area (Å²) in [5.41, 5.74) is 11.0. The van der Waals surface area contributed by atoms with Gasteiger partial charge >= 0.3 is 0 Å². The molecule has 2 heteroatoms. The summed E-state index contributed by atoms with van der Waals surface area (Å²) >= 11 is 0. The van der Waals surface area contributed by atoms with E-state index in [-0.39, 0.29) is 0 Å². The zero-order valence-electron chi connectivity index (χ0n) is 31.3. The lowest BCUT2D eigenvalue weighted by molar-refractivity contribution is 0.669. The van der Waals surface area contributed by atoms with Crippen molar-refractivity contribution in [2.24, 2.45) is 0 Å². The molecule has 268 valence electrons. The van der Waals surface area contributed by atoms with Crippen LogP contribution in [-0.2, 0) is 0 Å². The number of fused-ring (bicyclic) bond motifs is 12. The smallest absolute Gasteiger partial charge is 0.143 e. The second kappa shape index (κ2) is 11.9. The lowest BCUT2D eigenvalue weighted by Gasteiger charge is -2.19. The van der Waals surface area contributed by atoms with Crippen LogP contribution in [0, 0.1) is 0 Å². The van der Waals surface area contributed by atoms with Crippen molar-refractivity contribution in [2.75, 3.05) is 0 Å². The summed E-state index contributed by atoms with van der Waals surface area (Å²) in [6.45, 7) is 0. The van der Waals surface area contributed by atoms with Crippen molar-refractivity contribution in [3.63, 3.8) is 0 Å². The molecule has 0 saturated heterocycles. The van der Waals surface area contributed by atoms with Gasteiger partial charge in [-0.3, -0.25) is 0 Å². The number of furan rings is 2. The second-order valence-electron chi connectivity index (χ2n) is 15.6. The summed E-state index contributed by atoms with van der Waals surface area (Å²) in [7, 11) is 0. The Morgan fingerprint density at radius 1 is 0.241 bits per heavy atom. The molecule has 13 rings (SSSR count). The molecule has 0 amide bonds. The van der Waals surface area contributed by atoms with Gasteiger partial charge in [0.1, 0.15) is 22.3 Å². The van der Waals surface area contributed by atoms with E-state index in [4.69, 9.17) is 8.83 Å². The Balaban J connectivity index is 0.944. The Labute approximate surface area is 332 Å². The first-order valence-electron chi connectivity index (χ1n) is 19.9. The van der Waals surface area contributed by atoms with E-state index in [1.54, 1.807) is 0 Å². The van der Waals surface area contributed by atoms with Crippen molar-refractivity contribution < 1.29 is 8.83 Å². The molecule has 0 atom stereocenters. The van der Waals surface area contributed by atoms with E-state index in [0.29, 0.717) is 0 Å². The topological polar surface area (TPSA) is 26.3 Å². The Bertz CT molecular complexity index is 3800. The van der Waals surface area contributed by atoms with Gasteiger partial charge in [-0.15, -0.1) is 0 Å². The maximum atomic E-state index is 6.43. The molecule has 0 aliphatic rings. The van der Waals surface area contributed by atoms with Gasteiger partial charge in [-0.2, -0.15) is 0 Å². The molecule has 0 aliphatic heterocycles. The average molecular weight is 737 g/mol. The zero-order valence-corrected chi connectivity index (χ0v) is 31.3. The predicted molar refractivity (Wildman–Crippen MR) is 245 cm³/mol. The van der Waals surface area contributed by atoms with Crippen molar-refractivity contribution in [1.82, 2.24) is 0 Å². The van der Waals surface area contributed by atoms with Crippen LogP contribution in [0.1, 0.15) is 0 Å². The molecular weight excluding hydrogens is 705 g/mol. The molecule has 0 N–H and O–H groups in total. The minimum atomic E-state index is 0.881. The third kappa shape index (κ3) is 4.54. The van der Waals surface area contributed by atoms with Crippen LogP contribution in [0.15, 0.2) is 203 Å². The maximum absolute atomic E-state index is 6.43. The minimum absolute atomic E-state index is 0.881. The molecule has 2 heterocycles. The molecule has 0 unspecified atom stereocenters. The fourth-order valence-corrected chi connectivity index (χ4v) is 9.71. The molecule has 0 radical (unpaired) electrons. The third-order valence-electron chi connectivity index (χ3n) is 12.4. The predicted octanol–water partition coefficient (Wildman–Crippen LogP) is 16.3. The highest BCUT2D eigenvalue weighted by atomic mass is 16.3. The molecule has 0 fully saturated rings. The van der Waals surface area contributed by atoms with Crippen LogP contribution in [0.3, 0.4) is 0 Å². The SMILES string of the molecule is c1ccc2c(-c3c4ccccc4c(-c4ccc5cc(-c6ccc7oc8cc9ccc%10c%11ccccc%11oc%10c9cc8c7c6)ccc5c4)c4ccccc34)cccc2c1. The van der Waals surface area contributed by atoms with E-state index < -0.39 is 0 Å². The van der Waals surface area contributed by atoms with Gasteiger partial charge in [0.15, 0.2) is 0 Å². The first-order chi connectivity index (χ1) is 28.7. The average Bonchev–Trinajstić information content (AvgIpc) is 3.84. The number of hydrogen-bond acceptors (Lipinski definition) is 2. The zero-order chi connectivity index (χ0) is 37.9. The number of para-hydroxylation sites is 1. The van der Waals surface area contributed by atoms with Gasteiger partial charge in [0.2, 0.25) is 0 Å². The van der Waals surface area contributed by atoms with E-state index >= 15 is 0 Å². The number of hydrogen-bond donors (Lipinski definition) is 0. The van der Waals surface area contributed by atoms with Gasteiger partial charge in [-0.25, -0.2) is 0 Å². The maximum Gasteiger partial charge on any atom is 0.143 e. The highest BCUT2D eigenvalue weighted by molar-refractivity contribution is 6.24. The van der Waals surface area contributed by atoms with E-state index in [2.05, 4.69) is 182 Å². The molecule has 2 aromatic heterocycles. The first kappa shape index (κ1) is 31.5. The Hall–Kier alpha value is -7.68. The summed E-state index contributed by atoms with van der Waals surface area (Å²) in [4.78, 5) is 0. The van der Waals surface area contributed by atoms with Crippen LogP contribution < -0.4 is 0 Å². The quantitative estimate of drug-likeness (QED) is 0.169. The number of benzene rings is 11. The van der Waals surface area contributed by atoms with Crippen LogP contribution in [0.2, 0.25) is 0 Å². The van der Waals surface area contributed by atoms with Crippen LogP contribution >= 0.6 is 0 Å². The second-order valence-corrected chi connectivity index (χ2v) is 15.6. The van der Waals surface area contributed by atoms with Gasteiger partial charge in [-0.05, 0) is 130 Å². The molecule has 2 nitrogen and oxygen atoms in total. The largest absolute Gasteiger partial charge is 0.456 e. The third-order valence-corrected chi connectivity index (χ3v) is 12.4. The van der Waals surface area contributed by atoms with Gasteiger partial charge in [-0.1, -0.05) is 146 Å². The highest BCUT2D eigenvalue weighted by Gasteiger charge is 2.19. The highest BCUT2D eigenvalue weighted by Crippen LogP contribution is 2.46. The molecule has 58 heavy (non-hydrogen) atoms. The van der Waals surface area contributed by atoms with Crippen molar-refractivity contribution in [1.29, 1.82) is 0 Å². The molecule has 0 bridgehead atoms. The van der Waals surface area contributed by atoms with Crippen LogP contribution in [-0.4, -0.2) is 0 Å². The lowest BCUT2D eigenvalue weighted by atomic mass is 9.84. The standard InChI is InChI=1S/C56H32O2/c1-2-12-40-33(10-1)11-9-18-42(40)55-45-16-5-3-14-43(45)54(44-15-4-6-17-46(44)55)39-23-22-34-28-35(20-21-36(34)29-39)37-25-27-52-49(30-37)50-32-48-38(31-53(50)57-52)24-26-47-41-13-7-8-19-51(41)58-56(47)48/h1-32H. The van der Waals surface area contributed by atoms with Crippen LogP contribution in [0.5, 0.6) is 0 Å². The summed E-state index contributed by atoms with van der Waals surface area (Å²) in [6, 6.07) is 70.5. The monoisotopic (exact) mass is 736 g/mol. The van der Waals surface area contributed by atoms with Gasteiger partial charge in [0.05, 0.1) is 0 Å². The summed E-state index contributed by atoms with van der Waals surface area (Å²) < 4.78 is 12.9. The molecule has 0 saturated carbocycles. The first-order valence-corrected chi connectivity index (χ1v) is 19.9. The summed E-state index contributed by atoms with van der Waals surface area (Å²) in [6.07, 6.45) is 0. The fourth-order valence-electron chi connectivity index (χ4n) is 9.71. The van der Waals surface area contributed by atoms with Gasteiger partial charge < -0.3 is 8.83 Å². The van der Waals surface area contributed by atoms with Crippen LogP contribution in [0.25, 0.3) is 131 Å². The van der Waals surface area contributed by atoms with E-state index in [9.17, 15) is 0 Å². The summed E-state index contributed by atoms with van der Waals surface area (Å²) in [5.74, 6) is 0.